The number of aryl methyl sites for hydroxylation is 1. The van der Waals surface area contributed by atoms with Crippen LogP contribution in [-0.2, 0) is 14.6 Å². The maximum absolute atomic E-state index is 12.5. The Hall–Kier alpha value is -1.56. The Morgan fingerprint density at radius 3 is 2.67 bits per heavy atom. The molecule has 3 rings (SSSR count). The van der Waals surface area contributed by atoms with Crippen molar-refractivity contribution >= 4 is 21.4 Å². The van der Waals surface area contributed by atoms with Gasteiger partial charge in [0.2, 0.25) is 5.91 Å². The molecule has 1 aromatic carbocycles. The van der Waals surface area contributed by atoms with Gasteiger partial charge in [-0.15, -0.1) is 0 Å². The molecule has 1 aromatic rings. The average molecular weight is 350 g/mol. The van der Waals surface area contributed by atoms with E-state index in [4.69, 9.17) is 0 Å². The molecule has 2 aliphatic rings. The van der Waals surface area contributed by atoms with E-state index in [2.05, 4.69) is 30.0 Å². The highest BCUT2D eigenvalue weighted by Crippen LogP contribution is 2.24. The molecule has 2 fully saturated rings. The highest BCUT2D eigenvalue weighted by Gasteiger charge is 2.31. The molecule has 0 N–H and O–H groups in total. The van der Waals surface area contributed by atoms with Gasteiger partial charge in [-0.1, -0.05) is 18.2 Å². The molecule has 0 spiro atoms. The van der Waals surface area contributed by atoms with Crippen molar-refractivity contribution in [2.24, 2.45) is 5.92 Å². The van der Waals surface area contributed by atoms with Crippen LogP contribution in [0.3, 0.4) is 0 Å². The molecule has 2 saturated heterocycles. The van der Waals surface area contributed by atoms with Gasteiger partial charge in [0.05, 0.1) is 11.5 Å². The first kappa shape index (κ1) is 17.3. The van der Waals surface area contributed by atoms with Crippen molar-refractivity contribution in [3.63, 3.8) is 0 Å². The smallest absolute Gasteiger partial charge is 0.222 e. The fourth-order valence-corrected chi connectivity index (χ4v) is 5.60. The summed E-state index contributed by atoms with van der Waals surface area (Å²) in [4.78, 5) is 16.8. The van der Waals surface area contributed by atoms with Gasteiger partial charge >= 0.3 is 0 Å². The Labute approximate surface area is 144 Å². The molecular formula is C18H26N2O3S. The number of hydrogen-bond acceptors (Lipinski definition) is 4. The van der Waals surface area contributed by atoms with Crippen molar-refractivity contribution in [3.05, 3.63) is 29.8 Å². The minimum Gasteiger partial charge on any atom is -0.369 e. The quantitative estimate of drug-likeness (QED) is 0.835. The van der Waals surface area contributed by atoms with Crippen LogP contribution in [-0.4, -0.2) is 56.9 Å². The van der Waals surface area contributed by atoms with Crippen molar-refractivity contribution in [3.8, 4) is 0 Å². The number of benzene rings is 1. The van der Waals surface area contributed by atoms with E-state index in [1.54, 1.807) is 0 Å². The minimum atomic E-state index is -2.91. The van der Waals surface area contributed by atoms with Gasteiger partial charge in [0.15, 0.2) is 9.84 Å². The molecule has 0 saturated carbocycles. The summed E-state index contributed by atoms with van der Waals surface area (Å²) in [5.74, 6) is 0.551. The summed E-state index contributed by atoms with van der Waals surface area (Å²) >= 11 is 0. The van der Waals surface area contributed by atoms with Gasteiger partial charge in [0.25, 0.3) is 0 Å². The molecule has 6 heteroatoms. The van der Waals surface area contributed by atoms with E-state index in [0.29, 0.717) is 19.4 Å². The Balaban J connectivity index is 1.57. The largest absolute Gasteiger partial charge is 0.369 e. The van der Waals surface area contributed by atoms with E-state index in [1.807, 2.05) is 11.0 Å². The summed E-state index contributed by atoms with van der Waals surface area (Å²) in [6, 6.07) is 8.35. The topological polar surface area (TPSA) is 57.7 Å². The van der Waals surface area contributed by atoms with Crippen LogP contribution in [0.25, 0.3) is 0 Å². The normalized spacial score (nSPS) is 24.0. The molecule has 24 heavy (non-hydrogen) atoms. The Bertz CT molecular complexity index is 702. The highest BCUT2D eigenvalue weighted by molar-refractivity contribution is 7.91. The van der Waals surface area contributed by atoms with E-state index < -0.39 is 9.84 Å². The zero-order chi connectivity index (χ0) is 17.2. The number of anilines is 1. The van der Waals surface area contributed by atoms with Crippen LogP contribution in [0.15, 0.2) is 24.3 Å². The Kier molecular flexibility index (Phi) is 5.13. The average Bonchev–Trinajstić information content (AvgIpc) is 2.75. The molecule has 1 atom stereocenters. The Morgan fingerprint density at radius 2 is 1.96 bits per heavy atom. The Morgan fingerprint density at radius 1 is 1.17 bits per heavy atom. The van der Waals surface area contributed by atoms with E-state index in [0.717, 1.165) is 26.1 Å². The molecule has 132 valence electrons. The van der Waals surface area contributed by atoms with Crippen LogP contribution in [0, 0.1) is 12.8 Å². The van der Waals surface area contributed by atoms with Crippen molar-refractivity contribution in [2.75, 3.05) is 42.6 Å². The van der Waals surface area contributed by atoms with E-state index >= 15 is 0 Å². The zero-order valence-electron chi connectivity index (χ0n) is 14.3. The molecule has 2 heterocycles. The number of para-hydroxylation sites is 1. The van der Waals surface area contributed by atoms with Crippen molar-refractivity contribution in [2.45, 2.75) is 26.2 Å². The van der Waals surface area contributed by atoms with Gasteiger partial charge in [-0.05, 0) is 37.3 Å². The molecule has 0 bridgehead atoms. The number of amides is 1. The standard InChI is InChI=1S/C18H26N2O3S/c1-15-5-2-3-6-17(15)19-8-4-9-20(11-10-19)18(21)13-16-7-12-24(22,23)14-16/h2-3,5-6,16H,4,7-14H2,1H3. The fraction of sp³-hybridized carbons (Fsp3) is 0.611. The van der Waals surface area contributed by atoms with Crippen LogP contribution < -0.4 is 4.90 Å². The lowest BCUT2D eigenvalue weighted by molar-refractivity contribution is -0.131. The van der Waals surface area contributed by atoms with Gasteiger partial charge in [-0.25, -0.2) is 8.42 Å². The number of sulfone groups is 1. The maximum atomic E-state index is 12.5. The number of carbonyl (C=O) groups excluding carboxylic acids is 1. The van der Waals surface area contributed by atoms with Crippen LogP contribution in [0.5, 0.6) is 0 Å². The third kappa shape index (κ3) is 4.09. The van der Waals surface area contributed by atoms with Gasteiger partial charge < -0.3 is 9.80 Å². The van der Waals surface area contributed by atoms with E-state index in [-0.39, 0.29) is 23.3 Å². The fourth-order valence-electron chi connectivity index (χ4n) is 3.74. The van der Waals surface area contributed by atoms with Crippen LogP contribution in [0.2, 0.25) is 0 Å². The monoisotopic (exact) mass is 350 g/mol. The minimum absolute atomic E-state index is 0.0122. The number of rotatable bonds is 3. The van der Waals surface area contributed by atoms with Crippen molar-refractivity contribution in [1.29, 1.82) is 0 Å². The third-order valence-corrected chi connectivity index (χ3v) is 6.93. The molecule has 0 radical (unpaired) electrons. The highest BCUT2D eigenvalue weighted by atomic mass is 32.2. The first-order chi connectivity index (χ1) is 11.4. The maximum Gasteiger partial charge on any atom is 0.222 e. The van der Waals surface area contributed by atoms with Gasteiger partial charge in [0.1, 0.15) is 0 Å². The summed E-state index contributed by atoms with van der Waals surface area (Å²) in [5.41, 5.74) is 2.50. The van der Waals surface area contributed by atoms with Crippen LogP contribution in [0.1, 0.15) is 24.8 Å². The lowest BCUT2D eigenvalue weighted by Gasteiger charge is -2.25. The van der Waals surface area contributed by atoms with Crippen molar-refractivity contribution < 1.29 is 13.2 Å². The predicted molar refractivity (Wildman–Crippen MR) is 96.0 cm³/mol. The summed E-state index contributed by atoms with van der Waals surface area (Å²) < 4.78 is 23.1. The number of carbonyl (C=O) groups is 1. The predicted octanol–water partition coefficient (Wildman–Crippen LogP) is 1.86. The molecular weight excluding hydrogens is 324 g/mol. The first-order valence-corrected chi connectivity index (χ1v) is 10.6. The summed E-state index contributed by atoms with van der Waals surface area (Å²) in [6.45, 7) is 5.38. The van der Waals surface area contributed by atoms with Crippen LogP contribution >= 0.6 is 0 Å². The van der Waals surface area contributed by atoms with E-state index in [1.165, 1.54) is 11.3 Å². The first-order valence-electron chi connectivity index (χ1n) is 8.73. The summed E-state index contributed by atoms with van der Waals surface area (Å²) in [7, 11) is -2.91. The summed E-state index contributed by atoms with van der Waals surface area (Å²) in [6.07, 6.45) is 1.96. The second kappa shape index (κ2) is 7.13. The van der Waals surface area contributed by atoms with Crippen LogP contribution in [0.4, 0.5) is 5.69 Å². The number of hydrogen-bond donors (Lipinski definition) is 0. The lowest BCUT2D eigenvalue weighted by Crippen LogP contribution is -2.36. The third-order valence-electron chi connectivity index (χ3n) is 5.09. The molecule has 1 unspecified atom stereocenters. The number of nitrogens with zero attached hydrogens (tertiary/aromatic N) is 2. The SMILES string of the molecule is Cc1ccccc1N1CCCN(C(=O)CC2CCS(=O)(=O)C2)CC1. The lowest BCUT2D eigenvalue weighted by atomic mass is 10.0. The van der Waals surface area contributed by atoms with Crippen molar-refractivity contribution in [1.82, 2.24) is 4.90 Å². The molecule has 2 aliphatic heterocycles. The van der Waals surface area contributed by atoms with Gasteiger partial charge in [-0.3, -0.25) is 4.79 Å². The molecule has 0 aromatic heterocycles. The van der Waals surface area contributed by atoms with Gasteiger partial charge in [-0.2, -0.15) is 0 Å². The second-order valence-corrected chi connectivity index (χ2v) is 9.21. The molecule has 5 nitrogen and oxygen atoms in total. The molecule has 1 amide bonds. The summed E-state index contributed by atoms with van der Waals surface area (Å²) in [5, 5.41) is 0. The second-order valence-electron chi connectivity index (χ2n) is 6.98. The van der Waals surface area contributed by atoms with E-state index in [9.17, 15) is 13.2 Å². The zero-order valence-corrected chi connectivity index (χ0v) is 15.1. The van der Waals surface area contributed by atoms with Gasteiger partial charge in [0, 0.05) is 38.3 Å². The molecule has 0 aliphatic carbocycles.